The Morgan fingerprint density at radius 2 is 1.93 bits per heavy atom. The van der Waals surface area contributed by atoms with E-state index in [4.69, 9.17) is 10.5 Å². The highest BCUT2D eigenvalue weighted by Crippen LogP contribution is 2.26. The first-order chi connectivity index (χ1) is 14.2. The van der Waals surface area contributed by atoms with Gasteiger partial charge in [0, 0.05) is 31.6 Å². The summed E-state index contributed by atoms with van der Waals surface area (Å²) in [5, 5.41) is 2.86. The van der Waals surface area contributed by atoms with Gasteiger partial charge in [0.2, 0.25) is 11.8 Å². The van der Waals surface area contributed by atoms with Crippen LogP contribution < -0.4 is 15.8 Å². The highest BCUT2D eigenvalue weighted by molar-refractivity contribution is 5.94. The Morgan fingerprint density at radius 3 is 2.72 bits per heavy atom. The normalized spacial score (nSPS) is 12.8. The first-order valence-corrected chi connectivity index (χ1v) is 10.2. The van der Waals surface area contributed by atoms with Crippen molar-refractivity contribution < 1.29 is 14.3 Å². The summed E-state index contributed by atoms with van der Waals surface area (Å²) in [5.74, 6) is 0.954. The Hall–Kier alpha value is -2.86. The number of hydrogen-bond acceptors (Lipinski definition) is 4. The molecule has 6 nitrogen and oxygen atoms in total. The number of ether oxygens (including phenoxy) is 1. The average molecular weight is 396 g/mol. The van der Waals surface area contributed by atoms with Crippen LogP contribution in [0.25, 0.3) is 0 Å². The molecular formula is C23H29N3O3. The van der Waals surface area contributed by atoms with Crippen LogP contribution in [0.1, 0.15) is 36.8 Å². The van der Waals surface area contributed by atoms with Crippen molar-refractivity contribution in [2.75, 3.05) is 25.0 Å². The van der Waals surface area contributed by atoms with Gasteiger partial charge >= 0.3 is 0 Å². The summed E-state index contributed by atoms with van der Waals surface area (Å²) >= 11 is 0. The van der Waals surface area contributed by atoms with Gasteiger partial charge in [0.15, 0.2) is 0 Å². The molecule has 2 aromatic rings. The summed E-state index contributed by atoms with van der Waals surface area (Å²) in [5.41, 5.74) is 8.71. The van der Waals surface area contributed by atoms with E-state index in [9.17, 15) is 9.59 Å². The number of fused-ring (bicyclic) bond motifs is 1. The van der Waals surface area contributed by atoms with E-state index in [1.54, 1.807) is 0 Å². The molecule has 0 fully saturated rings. The van der Waals surface area contributed by atoms with Gasteiger partial charge < -0.3 is 20.7 Å². The van der Waals surface area contributed by atoms with Crippen molar-refractivity contribution >= 4 is 17.5 Å². The zero-order chi connectivity index (χ0) is 20.5. The molecule has 1 aliphatic rings. The molecule has 2 amide bonds. The largest absolute Gasteiger partial charge is 0.494 e. The molecule has 29 heavy (non-hydrogen) atoms. The minimum absolute atomic E-state index is 0.0550. The smallest absolute Gasteiger partial charge is 0.224 e. The van der Waals surface area contributed by atoms with Crippen LogP contribution in [0, 0.1) is 0 Å². The third-order valence-electron chi connectivity index (χ3n) is 4.98. The van der Waals surface area contributed by atoms with Gasteiger partial charge in [-0.05, 0) is 55.1 Å². The number of anilines is 1. The SMILES string of the molecule is NCCCN(Cc1ccccc1)C(=O)CCCOc1ccc2c(c1)CCC(=O)N2. The molecule has 0 radical (unpaired) electrons. The molecule has 154 valence electrons. The minimum Gasteiger partial charge on any atom is -0.494 e. The third-order valence-corrected chi connectivity index (χ3v) is 4.98. The lowest BCUT2D eigenvalue weighted by Gasteiger charge is -2.23. The Labute approximate surface area is 172 Å². The standard InChI is InChI=1S/C23H29N3O3/c24-13-5-14-26(17-18-6-2-1-3-7-18)23(28)8-4-15-29-20-10-11-21-19(16-20)9-12-22(27)25-21/h1-3,6-7,10-11,16H,4-5,8-9,12-15,17,24H2,(H,25,27). The molecule has 3 N–H and O–H groups in total. The van der Waals surface area contributed by atoms with E-state index in [2.05, 4.69) is 5.32 Å². The van der Waals surface area contributed by atoms with Crippen LogP contribution in [-0.2, 0) is 22.6 Å². The number of aryl methyl sites for hydroxylation is 1. The topological polar surface area (TPSA) is 84.7 Å². The van der Waals surface area contributed by atoms with E-state index in [0.717, 1.165) is 35.4 Å². The third kappa shape index (κ3) is 6.32. The lowest BCUT2D eigenvalue weighted by molar-refractivity contribution is -0.132. The van der Waals surface area contributed by atoms with E-state index in [-0.39, 0.29) is 11.8 Å². The quantitative estimate of drug-likeness (QED) is 0.606. The maximum atomic E-state index is 12.7. The van der Waals surface area contributed by atoms with Crippen LogP contribution in [0.2, 0.25) is 0 Å². The highest BCUT2D eigenvalue weighted by atomic mass is 16.5. The van der Waals surface area contributed by atoms with Gasteiger partial charge in [0.1, 0.15) is 5.75 Å². The summed E-state index contributed by atoms with van der Waals surface area (Å²) < 4.78 is 5.83. The van der Waals surface area contributed by atoms with Crippen LogP contribution in [0.4, 0.5) is 5.69 Å². The van der Waals surface area contributed by atoms with Gasteiger partial charge in [-0.3, -0.25) is 9.59 Å². The number of amides is 2. The highest BCUT2D eigenvalue weighted by Gasteiger charge is 2.16. The molecule has 0 bridgehead atoms. The fourth-order valence-corrected chi connectivity index (χ4v) is 3.40. The number of carbonyl (C=O) groups is 2. The van der Waals surface area contributed by atoms with E-state index < -0.39 is 0 Å². The van der Waals surface area contributed by atoms with Gasteiger partial charge in [-0.1, -0.05) is 30.3 Å². The van der Waals surface area contributed by atoms with E-state index in [1.807, 2.05) is 53.4 Å². The van der Waals surface area contributed by atoms with Gasteiger partial charge in [0.05, 0.1) is 6.61 Å². The Bertz CT molecular complexity index is 823. The van der Waals surface area contributed by atoms with Crippen molar-refractivity contribution in [1.29, 1.82) is 0 Å². The van der Waals surface area contributed by atoms with Gasteiger partial charge in [-0.25, -0.2) is 0 Å². The Balaban J connectivity index is 1.46. The van der Waals surface area contributed by atoms with Crippen LogP contribution >= 0.6 is 0 Å². The molecule has 0 aromatic heterocycles. The molecule has 0 unspecified atom stereocenters. The fourth-order valence-electron chi connectivity index (χ4n) is 3.40. The van der Waals surface area contributed by atoms with Crippen molar-refractivity contribution in [3.05, 3.63) is 59.7 Å². The van der Waals surface area contributed by atoms with Crippen molar-refractivity contribution in [2.24, 2.45) is 5.73 Å². The molecule has 1 heterocycles. The number of rotatable bonds is 10. The second kappa shape index (κ2) is 10.6. The van der Waals surface area contributed by atoms with E-state index in [0.29, 0.717) is 45.5 Å². The van der Waals surface area contributed by atoms with E-state index >= 15 is 0 Å². The number of benzene rings is 2. The number of nitrogens with one attached hydrogen (secondary N) is 1. The first kappa shape index (κ1) is 20.9. The molecule has 0 atom stereocenters. The van der Waals surface area contributed by atoms with Crippen LogP contribution in [0.15, 0.2) is 48.5 Å². The summed E-state index contributed by atoms with van der Waals surface area (Å²) in [6, 6.07) is 15.7. The molecule has 0 saturated carbocycles. The lowest BCUT2D eigenvalue weighted by Crippen LogP contribution is -2.32. The zero-order valence-electron chi connectivity index (χ0n) is 16.7. The molecule has 0 aliphatic carbocycles. The maximum absolute atomic E-state index is 12.7. The minimum atomic E-state index is 0.0550. The van der Waals surface area contributed by atoms with Crippen molar-refractivity contribution in [3.63, 3.8) is 0 Å². The zero-order valence-corrected chi connectivity index (χ0v) is 16.7. The second-order valence-corrected chi connectivity index (χ2v) is 7.26. The molecule has 2 aromatic carbocycles. The molecule has 6 heteroatoms. The van der Waals surface area contributed by atoms with Gasteiger partial charge in [-0.15, -0.1) is 0 Å². The maximum Gasteiger partial charge on any atom is 0.224 e. The monoisotopic (exact) mass is 395 g/mol. The molecule has 1 aliphatic heterocycles. The van der Waals surface area contributed by atoms with Crippen LogP contribution in [-0.4, -0.2) is 36.4 Å². The molecule has 0 spiro atoms. The molecular weight excluding hydrogens is 366 g/mol. The number of hydrogen-bond donors (Lipinski definition) is 2. The number of nitrogens with zero attached hydrogens (tertiary/aromatic N) is 1. The van der Waals surface area contributed by atoms with Crippen LogP contribution in [0.5, 0.6) is 5.75 Å². The summed E-state index contributed by atoms with van der Waals surface area (Å²) in [7, 11) is 0. The predicted molar refractivity (Wildman–Crippen MR) is 114 cm³/mol. The number of carbonyl (C=O) groups excluding carboxylic acids is 2. The summed E-state index contributed by atoms with van der Waals surface area (Å²) in [6.07, 6.45) is 3.12. The van der Waals surface area contributed by atoms with Crippen LogP contribution in [0.3, 0.4) is 0 Å². The summed E-state index contributed by atoms with van der Waals surface area (Å²) in [4.78, 5) is 26.0. The molecule has 3 rings (SSSR count). The first-order valence-electron chi connectivity index (χ1n) is 10.2. The summed E-state index contributed by atoms with van der Waals surface area (Å²) in [6.45, 7) is 2.33. The average Bonchev–Trinajstić information content (AvgIpc) is 2.74. The van der Waals surface area contributed by atoms with Crippen molar-refractivity contribution in [1.82, 2.24) is 4.90 Å². The van der Waals surface area contributed by atoms with Gasteiger partial charge in [-0.2, -0.15) is 0 Å². The van der Waals surface area contributed by atoms with Crippen molar-refractivity contribution in [2.45, 2.75) is 38.6 Å². The fraction of sp³-hybridized carbons (Fsp3) is 0.391. The number of nitrogens with two attached hydrogens (primary N) is 1. The lowest BCUT2D eigenvalue weighted by atomic mass is 10.0. The van der Waals surface area contributed by atoms with Crippen molar-refractivity contribution in [3.8, 4) is 5.75 Å². The van der Waals surface area contributed by atoms with Gasteiger partial charge in [0.25, 0.3) is 0 Å². The predicted octanol–water partition coefficient (Wildman–Crippen LogP) is 3.11. The van der Waals surface area contributed by atoms with E-state index in [1.165, 1.54) is 0 Å². The second-order valence-electron chi connectivity index (χ2n) is 7.26. The molecule has 0 saturated heterocycles. The Kier molecular flexibility index (Phi) is 7.64. The Morgan fingerprint density at radius 1 is 1.10 bits per heavy atom.